The maximum absolute atomic E-state index is 12.6. The van der Waals surface area contributed by atoms with Crippen molar-refractivity contribution >= 4 is 23.6 Å². The Bertz CT molecular complexity index is 818. The molecule has 0 bridgehead atoms. The molecule has 10 nitrogen and oxygen atoms in total. The number of primary amides is 1. The van der Waals surface area contributed by atoms with Gasteiger partial charge in [0.25, 0.3) is 0 Å². The van der Waals surface area contributed by atoms with Gasteiger partial charge in [0.2, 0.25) is 5.91 Å². The van der Waals surface area contributed by atoms with E-state index in [4.69, 9.17) is 20.7 Å². The van der Waals surface area contributed by atoms with Crippen LogP contribution in [0, 0.1) is 17.8 Å². The van der Waals surface area contributed by atoms with Crippen molar-refractivity contribution in [2.24, 2.45) is 23.5 Å². The lowest BCUT2D eigenvalue weighted by atomic mass is 9.87. The molecular formula is C27H43NO9. The molecule has 0 rings (SSSR count). The number of ketones is 1. The average molecular weight is 526 g/mol. The number of rotatable bonds is 20. The van der Waals surface area contributed by atoms with Crippen LogP contribution in [-0.2, 0) is 23.9 Å². The number of methoxy groups -OCH3 is 1. The maximum Gasteiger partial charge on any atom is 0.327 e. The Kier molecular flexibility index (Phi) is 17.0. The molecule has 0 aromatic rings. The van der Waals surface area contributed by atoms with E-state index in [1.165, 1.54) is 13.2 Å². The third kappa shape index (κ3) is 15.1. The molecule has 10 heteroatoms. The van der Waals surface area contributed by atoms with Gasteiger partial charge in [-0.3, -0.25) is 14.4 Å². The molecule has 6 atom stereocenters. The van der Waals surface area contributed by atoms with E-state index in [1.807, 2.05) is 0 Å². The standard InChI is InChI=1S/C27H43NO9/c1-17(21(29)11-9-10-20(15-23(28)30)16-25(33)34)14-18(2)26(35)19(3)27(36)22(37-4)12-7-5-6-8-13-24(31)32/h7-8,12-14,17,19-20,22,26-27,35-36H,5-6,9-11,15-16H2,1-4H3,(H2,28,30)(H,31,32)(H,33,34)/b12-7+,13-8+,18-14+/t17-,19-,20+,22-,26-,27-/m1/s1. The summed E-state index contributed by atoms with van der Waals surface area (Å²) < 4.78 is 5.34. The number of aliphatic carboxylic acids is 2. The Morgan fingerprint density at radius 2 is 1.62 bits per heavy atom. The highest BCUT2D eigenvalue weighted by molar-refractivity contribution is 5.82. The first-order valence-corrected chi connectivity index (χ1v) is 12.5. The fourth-order valence-corrected chi connectivity index (χ4v) is 4.03. The molecular weight excluding hydrogens is 482 g/mol. The molecule has 0 aromatic heterocycles. The highest BCUT2D eigenvalue weighted by atomic mass is 16.5. The number of aliphatic hydroxyl groups is 2. The monoisotopic (exact) mass is 525 g/mol. The number of hydrogen-bond acceptors (Lipinski definition) is 7. The normalized spacial score (nSPS) is 17.3. The van der Waals surface area contributed by atoms with Crippen LogP contribution in [0.25, 0.3) is 0 Å². The van der Waals surface area contributed by atoms with Gasteiger partial charge in [-0.15, -0.1) is 0 Å². The number of ether oxygens (including phenoxy) is 1. The first-order chi connectivity index (χ1) is 17.3. The predicted molar refractivity (Wildman–Crippen MR) is 138 cm³/mol. The molecule has 0 spiro atoms. The second kappa shape index (κ2) is 18.4. The van der Waals surface area contributed by atoms with Gasteiger partial charge < -0.3 is 30.9 Å². The summed E-state index contributed by atoms with van der Waals surface area (Å²) in [6.07, 6.45) is 6.83. The number of carbonyl (C=O) groups excluding carboxylic acids is 2. The highest BCUT2D eigenvalue weighted by Crippen LogP contribution is 2.23. The van der Waals surface area contributed by atoms with Gasteiger partial charge in [0.15, 0.2) is 0 Å². The van der Waals surface area contributed by atoms with Gasteiger partial charge >= 0.3 is 11.9 Å². The second-order valence-electron chi connectivity index (χ2n) is 9.43. The molecule has 0 aliphatic heterocycles. The largest absolute Gasteiger partial charge is 0.481 e. The van der Waals surface area contributed by atoms with Crippen molar-refractivity contribution in [2.45, 2.75) is 84.0 Å². The van der Waals surface area contributed by atoms with Gasteiger partial charge in [-0.05, 0) is 44.1 Å². The molecule has 0 fully saturated rings. The van der Waals surface area contributed by atoms with Gasteiger partial charge in [-0.25, -0.2) is 4.79 Å². The number of allylic oxidation sites excluding steroid dienone is 3. The SMILES string of the molecule is CO[C@H](/C=C/CC/C=C/C(=O)O)[C@H](O)[C@H](C)[C@H](O)/C(C)=C/[C@@H](C)C(=O)CCC[C@@H](CC(N)=O)CC(=O)O. The summed E-state index contributed by atoms with van der Waals surface area (Å²) in [6.45, 7) is 5.06. The summed E-state index contributed by atoms with van der Waals surface area (Å²) in [6, 6.07) is 0. The van der Waals surface area contributed by atoms with E-state index in [2.05, 4.69) is 0 Å². The number of carbonyl (C=O) groups is 4. The lowest BCUT2D eigenvalue weighted by Gasteiger charge is -2.29. The number of carboxylic acid groups (broad SMARTS) is 2. The Hall–Kier alpha value is -2.82. The molecule has 0 saturated heterocycles. The smallest absolute Gasteiger partial charge is 0.327 e. The average Bonchev–Trinajstić information content (AvgIpc) is 2.80. The molecule has 0 aliphatic rings. The van der Waals surface area contributed by atoms with Crippen LogP contribution >= 0.6 is 0 Å². The number of amides is 1. The summed E-state index contributed by atoms with van der Waals surface area (Å²) >= 11 is 0. The summed E-state index contributed by atoms with van der Waals surface area (Å²) in [5.41, 5.74) is 5.71. The van der Waals surface area contributed by atoms with Crippen LogP contribution < -0.4 is 5.73 Å². The molecule has 37 heavy (non-hydrogen) atoms. The summed E-state index contributed by atoms with van der Waals surface area (Å²) in [5.74, 6) is -4.20. The van der Waals surface area contributed by atoms with Crippen LogP contribution in [0.5, 0.6) is 0 Å². The Balaban J connectivity index is 4.92. The number of hydrogen-bond donors (Lipinski definition) is 5. The third-order valence-electron chi connectivity index (χ3n) is 6.21. The van der Waals surface area contributed by atoms with E-state index >= 15 is 0 Å². The molecule has 0 radical (unpaired) electrons. The van der Waals surface area contributed by atoms with Gasteiger partial charge in [0.1, 0.15) is 11.9 Å². The number of Topliss-reactive ketones (excluding diaryl/α,β-unsaturated/α-hetero) is 1. The van der Waals surface area contributed by atoms with Crippen LogP contribution in [0.1, 0.15) is 65.7 Å². The quantitative estimate of drug-likeness (QED) is 0.0905. The molecule has 1 amide bonds. The van der Waals surface area contributed by atoms with Gasteiger partial charge in [-0.2, -0.15) is 0 Å². The molecule has 0 heterocycles. The van der Waals surface area contributed by atoms with Crippen molar-refractivity contribution in [3.8, 4) is 0 Å². The van der Waals surface area contributed by atoms with E-state index in [-0.39, 0.29) is 25.0 Å². The second-order valence-corrected chi connectivity index (χ2v) is 9.43. The zero-order valence-electron chi connectivity index (χ0n) is 22.2. The van der Waals surface area contributed by atoms with Crippen molar-refractivity contribution in [1.29, 1.82) is 0 Å². The minimum absolute atomic E-state index is 0.0408. The first-order valence-electron chi connectivity index (χ1n) is 12.5. The molecule has 0 unspecified atom stereocenters. The van der Waals surface area contributed by atoms with Crippen molar-refractivity contribution in [3.63, 3.8) is 0 Å². The van der Waals surface area contributed by atoms with Crippen LogP contribution in [0.15, 0.2) is 36.0 Å². The molecule has 0 aromatic carbocycles. The van der Waals surface area contributed by atoms with E-state index in [1.54, 1.807) is 39.0 Å². The molecule has 210 valence electrons. The van der Waals surface area contributed by atoms with E-state index in [0.29, 0.717) is 31.3 Å². The van der Waals surface area contributed by atoms with Crippen LogP contribution in [0.2, 0.25) is 0 Å². The van der Waals surface area contributed by atoms with Crippen molar-refractivity contribution < 1.29 is 44.3 Å². The van der Waals surface area contributed by atoms with Crippen LogP contribution in [-0.4, -0.2) is 69.5 Å². The summed E-state index contributed by atoms with van der Waals surface area (Å²) in [7, 11) is 1.44. The van der Waals surface area contributed by atoms with Gasteiger partial charge in [0, 0.05) is 44.3 Å². The van der Waals surface area contributed by atoms with Gasteiger partial charge in [-0.1, -0.05) is 38.2 Å². The molecule has 6 N–H and O–H groups in total. The fraction of sp³-hybridized carbons (Fsp3) is 0.630. The predicted octanol–water partition coefficient (Wildman–Crippen LogP) is 2.62. The third-order valence-corrected chi connectivity index (χ3v) is 6.21. The topological polar surface area (TPSA) is 184 Å². The lowest BCUT2D eigenvalue weighted by molar-refractivity contribution is -0.138. The number of unbranched alkanes of at least 4 members (excludes halogenated alkanes) is 1. The zero-order chi connectivity index (χ0) is 28.5. The van der Waals surface area contributed by atoms with E-state index < -0.39 is 53.9 Å². The molecule has 0 aliphatic carbocycles. The van der Waals surface area contributed by atoms with Crippen LogP contribution in [0.4, 0.5) is 0 Å². The minimum Gasteiger partial charge on any atom is -0.481 e. The van der Waals surface area contributed by atoms with E-state index in [9.17, 15) is 29.4 Å². The minimum atomic E-state index is -1.03. The first kappa shape index (κ1) is 34.2. The van der Waals surface area contributed by atoms with Crippen molar-refractivity contribution in [1.82, 2.24) is 0 Å². The Morgan fingerprint density at radius 1 is 1.00 bits per heavy atom. The number of nitrogens with two attached hydrogens (primary N) is 1. The summed E-state index contributed by atoms with van der Waals surface area (Å²) in [5, 5.41) is 39.0. The van der Waals surface area contributed by atoms with Crippen molar-refractivity contribution in [2.75, 3.05) is 7.11 Å². The van der Waals surface area contributed by atoms with E-state index in [0.717, 1.165) is 6.08 Å². The fourth-order valence-electron chi connectivity index (χ4n) is 4.03. The lowest BCUT2D eigenvalue weighted by Crippen LogP contribution is -2.39. The Labute approximate surface area is 218 Å². The van der Waals surface area contributed by atoms with Crippen LogP contribution in [0.3, 0.4) is 0 Å². The maximum atomic E-state index is 12.6. The van der Waals surface area contributed by atoms with Crippen molar-refractivity contribution in [3.05, 3.63) is 36.0 Å². The number of aliphatic hydroxyl groups excluding tert-OH is 2. The van der Waals surface area contributed by atoms with Gasteiger partial charge in [0.05, 0.1) is 12.2 Å². The molecule has 0 saturated carbocycles. The number of carboxylic acids is 2. The Morgan fingerprint density at radius 3 is 2.16 bits per heavy atom. The summed E-state index contributed by atoms with van der Waals surface area (Å²) in [4.78, 5) is 45.1. The highest BCUT2D eigenvalue weighted by Gasteiger charge is 2.29. The zero-order valence-corrected chi connectivity index (χ0v) is 22.2.